The number of benzene rings is 3. The van der Waals surface area contributed by atoms with E-state index < -0.39 is 28.4 Å². The molecule has 162 valence electrons. The molecular weight excluding hydrogens is 430 g/mol. The summed E-state index contributed by atoms with van der Waals surface area (Å²) < 4.78 is 38.0. The zero-order valence-corrected chi connectivity index (χ0v) is 17.9. The molecule has 7 nitrogen and oxygen atoms in total. The summed E-state index contributed by atoms with van der Waals surface area (Å²) >= 11 is 0. The number of ether oxygens (including phenoxy) is 2. The van der Waals surface area contributed by atoms with Crippen LogP contribution in [0.2, 0.25) is 0 Å². The summed E-state index contributed by atoms with van der Waals surface area (Å²) in [6.45, 7) is -0.418. The molecule has 0 fully saturated rings. The molecule has 1 aliphatic rings. The number of hydrogen-bond acceptors (Lipinski definition) is 6. The highest BCUT2D eigenvalue weighted by molar-refractivity contribution is 7.89. The highest BCUT2D eigenvalue weighted by atomic mass is 32.2. The quantitative estimate of drug-likeness (QED) is 0.423. The van der Waals surface area contributed by atoms with Crippen LogP contribution in [0.4, 0.5) is 0 Å². The summed E-state index contributed by atoms with van der Waals surface area (Å²) in [6.07, 6.45) is 0. The summed E-state index contributed by atoms with van der Waals surface area (Å²) in [6, 6.07) is 23.0. The number of ketones is 1. The average molecular weight is 449 g/mol. The smallest absolute Gasteiger partial charge is 0.349 e. The number of para-hydroxylation sites is 1. The van der Waals surface area contributed by atoms with Gasteiger partial charge in [-0.15, -0.1) is 0 Å². The van der Waals surface area contributed by atoms with Crippen LogP contribution >= 0.6 is 0 Å². The second kappa shape index (κ2) is 8.68. The molecule has 1 heterocycles. The van der Waals surface area contributed by atoms with E-state index in [1.54, 1.807) is 66.7 Å². The van der Waals surface area contributed by atoms with E-state index >= 15 is 0 Å². The summed E-state index contributed by atoms with van der Waals surface area (Å²) in [7, 11) is -2.76. The van der Waals surface area contributed by atoms with E-state index in [2.05, 4.69) is 0 Å². The number of likely N-dealkylation sites (N-methyl/N-ethyl adjacent to an activating group) is 1. The Bertz CT molecular complexity index is 1300. The van der Waals surface area contributed by atoms with Gasteiger partial charge in [-0.2, -0.15) is 0 Å². The molecule has 4 rings (SSSR count). The van der Waals surface area contributed by atoms with Crippen LogP contribution in [0.1, 0.15) is 15.9 Å². The third-order valence-electron chi connectivity index (χ3n) is 4.87. The first-order valence-electron chi connectivity index (χ1n) is 9.70. The Hall–Kier alpha value is -3.91. The van der Waals surface area contributed by atoms with Gasteiger partial charge in [-0.3, -0.25) is 9.10 Å². The molecule has 0 unspecified atom stereocenters. The van der Waals surface area contributed by atoms with E-state index in [1.165, 1.54) is 19.2 Å². The minimum atomic E-state index is -4.01. The standard InChI is InChI=1S/C24H19NO6S/c1-25-22(23(27)17-10-4-2-5-11-17)24(19-14-8-9-15-20(19)32(25,28)29)31-21(26)16-30-18-12-6-3-7-13-18/h2-15H,16H2,1H3. The highest BCUT2D eigenvalue weighted by Crippen LogP contribution is 2.37. The Morgan fingerprint density at radius 3 is 2.12 bits per heavy atom. The molecule has 1 aliphatic heterocycles. The van der Waals surface area contributed by atoms with Crippen molar-refractivity contribution < 1.29 is 27.5 Å². The van der Waals surface area contributed by atoms with E-state index in [0.29, 0.717) is 5.75 Å². The average Bonchev–Trinajstić information content (AvgIpc) is 2.82. The monoisotopic (exact) mass is 449 g/mol. The van der Waals surface area contributed by atoms with Gasteiger partial charge in [0.2, 0.25) is 5.78 Å². The van der Waals surface area contributed by atoms with Crippen LogP contribution in [0.5, 0.6) is 5.75 Å². The van der Waals surface area contributed by atoms with Gasteiger partial charge in [0, 0.05) is 18.2 Å². The van der Waals surface area contributed by atoms with Crippen LogP contribution in [0, 0.1) is 0 Å². The van der Waals surface area contributed by atoms with E-state index in [1.807, 2.05) is 6.07 Å². The second-order valence-corrected chi connectivity index (χ2v) is 8.86. The highest BCUT2D eigenvalue weighted by Gasteiger charge is 2.39. The van der Waals surface area contributed by atoms with E-state index in [-0.39, 0.29) is 27.5 Å². The lowest BCUT2D eigenvalue weighted by Gasteiger charge is -2.30. The number of Topliss-reactive ketones (excluding diaryl/α,β-unsaturated/α-hetero) is 1. The molecule has 0 aliphatic carbocycles. The number of carbonyl (C=O) groups is 2. The zero-order valence-electron chi connectivity index (χ0n) is 17.1. The first kappa shape index (κ1) is 21.3. The van der Waals surface area contributed by atoms with Gasteiger partial charge in [0.25, 0.3) is 10.0 Å². The van der Waals surface area contributed by atoms with Gasteiger partial charge in [0.05, 0.1) is 4.90 Å². The summed E-state index contributed by atoms with van der Waals surface area (Å²) in [5.41, 5.74) is 0.152. The predicted molar refractivity (Wildman–Crippen MR) is 117 cm³/mol. The number of rotatable bonds is 6. The lowest BCUT2D eigenvalue weighted by Crippen LogP contribution is -2.36. The number of allylic oxidation sites excluding steroid dienone is 1. The van der Waals surface area contributed by atoms with Crippen molar-refractivity contribution in [3.05, 3.63) is 102 Å². The number of nitrogens with zero attached hydrogens (tertiary/aromatic N) is 1. The van der Waals surface area contributed by atoms with Crippen LogP contribution in [-0.2, 0) is 19.6 Å². The number of hydrogen-bond donors (Lipinski definition) is 0. The topological polar surface area (TPSA) is 90.0 Å². The summed E-state index contributed by atoms with van der Waals surface area (Å²) in [4.78, 5) is 25.8. The molecule has 32 heavy (non-hydrogen) atoms. The first-order chi connectivity index (χ1) is 15.4. The molecule has 0 aromatic heterocycles. The lowest BCUT2D eigenvalue weighted by molar-refractivity contribution is -0.139. The van der Waals surface area contributed by atoms with Gasteiger partial charge in [-0.05, 0) is 24.3 Å². The fraction of sp³-hybridized carbons (Fsp3) is 0.0833. The molecule has 0 bridgehead atoms. The largest absolute Gasteiger partial charge is 0.482 e. The molecule has 0 N–H and O–H groups in total. The van der Waals surface area contributed by atoms with Crippen molar-refractivity contribution in [3.63, 3.8) is 0 Å². The second-order valence-electron chi connectivity index (χ2n) is 6.92. The molecule has 0 saturated carbocycles. The fourth-order valence-corrected chi connectivity index (χ4v) is 4.69. The molecule has 0 radical (unpaired) electrons. The SMILES string of the molecule is CN1C(C(=O)c2ccccc2)=C(OC(=O)COc2ccccc2)c2ccccc2S1(=O)=O. The van der Waals surface area contributed by atoms with Crippen molar-refractivity contribution in [1.82, 2.24) is 4.31 Å². The third-order valence-corrected chi connectivity index (χ3v) is 6.68. The maximum Gasteiger partial charge on any atom is 0.349 e. The molecule has 3 aromatic rings. The van der Waals surface area contributed by atoms with Gasteiger partial charge in [-0.25, -0.2) is 13.2 Å². The number of carbonyl (C=O) groups excluding carboxylic acids is 2. The molecule has 0 saturated heterocycles. The van der Waals surface area contributed by atoms with E-state index in [9.17, 15) is 18.0 Å². The minimum absolute atomic E-state index is 0.0566. The Kier molecular flexibility index (Phi) is 5.79. The van der Waals surface area contributed by atoms with Crippen molar-refractivity contribution in [3.8, 4) is 5.75 Å². The van der Waals surface area contributed by atoms with E-state index in [0.717, 1.165) is 4.31 Å². The van der Waals surface area contributed by atoms with Crippen molar-refractivity contribution in [2.24, 2.45) is 0 Å². The number of esters is 1. The fourth-order valence-electron chi connectivity index (χ4n) is 3.30. The maximum atomic E-state index is 13.3. The van der Waals surface area contributed by atoms with Crippen LogP contribution in [0.3, 0.4) is 0 Å². The van der Waals surface area contributed by atoms with Crippen LogP contribution in [-0.4, -0.2) is 38.1 Å². The van der Waals surface area contributed by atoms with Crippen LogP contribution < -0.4 is 4.74 Å². The van der Waals surface area contributed by atoms with E-state index in [4.69, 9.17) is 9.47 Å². The van der Waals surface area contributed by atoms with Gasteiger partial charge < -0.3 is 9.47 Å². The van der Waals surface area contributed by atoms with Crippen molar-refractivity contribution in [2.75, 3.05) is 13.7 Å². The Morgan fingerprint density at radius 2 is 1.44 bits per heavy atom. The molecule has 8 heteroatoms. The van der Waals surface area contributed by atoms with Gasteiger partial charge >= 0.3 is 5.97 Å². The van der Waals surface area contributed by atoms with Crippen LogP contribution in [0.15, 0.2) is 95.5 Å². The van der Waals surface area contributed by atoms with Crippen LogP contribution in [0.25, 0.3) is 5.76 Å². The number of sulfonamides is 1. The number of fused-ring (bicyclic) bond motifs is 1. The normalized spacial score (nSPS) is 14.5. The summed E-state index contributed by atoms with van der Waals surface area (Å²) in [5.74, 6) is -1.01. The summed E-state index contributed by atoms with van der Waals surface area (Å²) in [5, 5.41) is 0. The van der Waals surface area contributed by atoms with Crippen molar-refractivity contribution >= 4 is 27.5 Å². The predicted octanol–water partition coefficient (Wildman–Crippen LogP) is 3.49. The first-order valence-corrected chi connectivity index (χ1v) is 11.1. The maximum absolute atomic E-state index is 13.3. The zero-order chi connectivity index (χ0) is 22.7. The minimum Gasteiger partial charge on any atom is -0.482 e. The third kappa shape index (κ3) is 4.00. The molecular formula is C24H19NO6S. The van der Waals surface area contributed by atoms with Crippen molar-refractivity contribution in [2.45, 2.75) is 4.90 Å². The Morgan fingerprint density at radius 1 is 0.844 bits per heavy atom. The molecule has 0 amide bonds. The molecule has 3 aromatic carbocycles. The Balaban J connectivity index is 1.76. The molecule has 0 spiro atoms. The Labute approximate surface area is 185 Å². The van der Waals surface area contributed by atoms with Crippen molar-refractivity contribution in [1.29, 1.82) is 0 Å². The lowest BCUT2D eigenvalue weighted by atomic mass is 10.0. The van der Waals surface area contributed by atoms with Gasteiger partial charge in [0.1, 0.15) is 11.4 Å². The van der Waals surface area contributed by atoms with Gasteiger partial charge in [0.15, 0.2) is 12.4 Å². The molecule has 0 atom stereocenters. The van der Waals surface area contributed by atoms with Gasteiger partial charge in [-0.1, -0.05) is 60.7 Å².